The molecule has 0 radical (unpaired) electrons. The van der Waals surface area contributed by atoms with Crippen LogP contribution >= 0.6 is 0 Å². The molecule has 0 bridgehead atoms. The molecule has 6 nitrogen and oxygen atoms in total. The summed E-state index contributed by atoms with van der Waals surface area (Å²) in [6.45, 7) is 3.23. The minimum atomic E-state index is -2.25. The average Bonchev–Trinajstić information content (AvgIpc) is 2.02. The fourth-order valence-electron chi connectivity index (χ4n) is 0.802. The second kappa shape index (κ2) is 4.58. The minimum Gasteiger partial charge on any atom is -0.481 e. The van der Waals surface area contributed by atoms with Crippen molar-refractivity contribution >= 4 is 11.9 Å². The van der Waals surface area contributed by atoms with Crippen LogP contribution < -0.4 is 0 Å². The monoisotopic (exact) mass is 190 g/mol. The van der Waals surface area contributed by atoms with E-state index in [2.05, 4.69) is 11.5 Å². The molecule has 0 aliphatic carbocycles. The van der Waals surface area contributed by atoms with Crippen LogP contribution in [-0.4, -0.2) is 33.0 Å². The zero-order valence-electron chi connectivity index (χ0n) is 6.77. The van der Waals surface area contributed by atoms with Gasteiger partial charge in [-0.1, -0.05) is 6.08 Å². The second-order valence-electron chi connectivity index (χ2n) is 2.47. The van der Waals surface area contributed by atoms with Crippen LogP contribution in [0.4, 0.5) is 0 Å². The highest BCUT2D eigenvalue weighted by atomic mass is 17.1. The van der Waals surface area contributed by atoms with Gasteiger partial charge in [0.2, 0.25) is 0 Å². The van der Waals surface area contributed by atoms with Crippen LogP contribution in [0.2, 0.25) is 0 Å². The molecule has 0 saturated carbocycles. The third-order valence-corrected chi connectivity index (χ3v) is 1.39. The topological polar surface area (TPSA) is 104 Å². The van der Waals surface area contributed by atoms with Gasteiger partial charge in [0.1, 0.15) is 0 Å². The summed E-state index contributed by atoms with van der Waals surface area (Å²) in [5.74, 6) is -2.79. The Bertz CT molecular complexity index is 223. The number of aliphatic hydroxyl groups is 1. The molecule has 6 heteroatoms. The molecule has 74 valence electrons. The summed E-state index contributed by atoms with van der Waals surface area (Å²) in [7, 11) is 0. The van der Waals surface area contributed by atoms with Gasteiger partial charge in [-0.15, -0.1) is 6.58 Å². The van der Waals surface area contributed by atoms with E-state index >= 15 is 0 Å². The van der Waals surface area contributed by atoms with Gasteiger partial charge < -0.3 is 10.2 Å². The van der Waals surface area contributed by atoms with Crippen LogP contribution in [0.15, 0.2) is 12.7 Å². The zero-order chi connectivity index (χ0) is 10.5. The molecular weight excluding hydrogens is 180 g/mol. The molecule has 0 aliphatic rings. The van der Waals surface area contributed by atoms with Gasteiger partial charge in [0.25, 0.3) is 0 Å². The van der Waals surface area contributed by atoms with Crippen molar-refractivity contribution in [1.29, 1.82) is 0 Å². The average molecular weight is 190 g/mol. The van der Waals surface area contributed by atoms with Crippen LogP contribution in [0, 0.1) is 0 Å². The number of carboxylic acid groups (broad SMARTS) is 1. The first-order valence-electron chi connectivity index (χ1n) is 3.37. The summed E-state index contributed by atoms with van der Waals surface area (Å²) in [6.07, 6.45) is -0.00301. The van der Waals surface area contributed by atoms with E-state index in [9.17, 15) is 14.7 Å². The molecular formula is C7H10O6. The Kier molecular flexibility index (Phi) is 4.09. The molecule has 1 unspecified atom stereocenters. The first-order valence-corrected chi connectivity index (χ1v) is 3.37. The number of carbonyl (C=O) groups is 2. The van der Waals surface area contributed by atoms with Crippen LogP contribution in [0.25, 0.3) is 0 Å². The van der Waals surface area contributed by atoms with Gasteiger partial charge >= 0.3 is 11.9 Å². The minimum absolute atomic E-state index is 0.307. The van der Waals surface area contributed by atoms with Gasteiger partial charge in [-0.2, -0.15) is 5.26 Å². The molecule has 1 atom stereocenters. The molecule has 3 N–H and O–H groups in total. The van der Waals surface area contributed by atoms with Crippen LogP contribution in [-0.2, 0) is 14.5 Å². The molecule has 0 aliphatic heterocycles. The SMILES string of the molecule is C=CCC(O)(CC(=O)O)C(=O)OO. The van der Waals surface area contributed by atoms with Crippen molar-refractivity contribution in [1.82, 2.24) is 0 Å². The lowest BCUT2D eigenvalue weighted by atomic mass is 9.96. The smallest absolute Gasteiger partial charge is 0.374 e. The normalized spacial score (nSPS) is 14.3. The second-order valence-corrected chi connectivity index (χ2v) is 2.47. The summed E-state index contributed by atoms with van der Waals surface area (Å²) in [4.78, 5) is 24.2. The quantitative estimate of drug-likeness (QED) is 0.314. The first kappa shape index (κ1) is 11.6. The predicted molar refractivity (Wildman–Crippen MR) is 40.7 cm³/mol. The van der Waals surface area contributed by atoms with Crippen molar-refractivity contribution in [2.45, 2.75) is 18.4 Å². The van der Waals surface area contributed by atoms with Crippen molar-refractivity contribution in [3.8, 4) is 0 Å². The van der Waals surface area contributed by atoms with E-state index in [0.717, 1.165) is 6.08 Å². The lowest BCUT2D eigenvalue weighted by Gasteiger charge is -2.19. The number of hydrogen-bond acceptors (Lipinski definition) is 5. The van der Waals surface area contributed by atoms with E-state index in [-0.39, 0.29) is 6.42 Å². The molecule has 0 saturated heterocycles. The van der Waals surface area contributed by atoms with Crippen molar-refractivity contribution in [3.63, 3.8) is 0 Å². The predicted octanol–water partition coefficient (Wildman–Crippen LogP) is -0.216. The number of carboxylic acids is 1. The number of hydrogen-bond donors (Lipinski definition) is 3. The van der Waals surface area contributed by atoms with Crippen molar-refractivity contribution < 1.29 is 29.9 Å². The molecule has 0 aromatic rings. The molecule has 0 heterocycles. The van der Waals surface area contributed by atoms with Crippen molar-refractivity contribution in [3.05, 3.63) is 12.7 Å². The molecule has 0 rings (SSSR count). The largest absolute Gasteiger partial charge is 0.481 e. The maximum Gasteiger partial charge on any atom is 0.374 e. The van der Waals surface area contributed by atoms with E-state index in [0.29, 0.717) is 0 Å². The van der Waals surface area contributed by atoms with Gasteiger partial charge in [0.05, 0.1) is 6.42 Å². The standard InChI is InChI=1S/C7H10O6/c1-2-3-7(11,4-5(8)9)6(10)13-12/h2,11-12H,1,3-4H2,(H,8,9). The number of rotatable bonds is 5. The Hall–Kier alpha value is -1.40. The fraction of sp³-hybridized carbons (Fsp3) is 0.429. The van der Waals surface area contributed by atoms with Crippen LogP contribution in [0.5, 0.6) is 0 Å². The lowest BCUT2D eigenvalue weighted by molar-refractivity contribution is -0.252. The Labute approximate surface area is 74.0 Å². The molecule has 0 aromatic heterocycles. The maximum atomic E-state index is 10.7. The molecule has 0 spiro atoms. The zero-order valence-corrected chi connectivity index (χ0v) is 6.77. The molecule has 0 fully saturated rings. The molecule has 0 aromatic carbocycles. The van der Waals surface area contributed by atoms with Crippen LogP contribution in [0.1, 0.15) is 12.8 Å². The summed E-state index contributed by atoms with van der Waals surface area (Å²) >= 11 is 0. The summed E-state index contributed by atoms with van der Waals surface area (Å²) in [5, 5.41) is 25.7. The van der Waals surface area contributed by atoms with Gasteiger partial charge in [-0.3, -0.25) is 9.68 Å². The highest BCUT2D eigenvalue weighted by Crippen LogP contribution is 2.17. The van der Waals surface area contributed by atoms with Gasteiger partial charge in [0, 0.05) is 6.42 Å². The van der Waals surface area contributed by atoms with E-state index in [4.69, 9.17) is 10.4 Å². The van der Waals surface area contributed by atoms with E-state index in [1.807, 2.05) is 0 Å². The Balaban J connectivity index is 4.60. The summed E-state index contributed by atoms with van der Waals surface area (Å²) in [6, 6.07) is 0. The van der Waals surface area contributed by atoms with E-state index < -0.39 is 24.0 Å². The van der Waals surface area contributed by atoms with Crippen molar-refractivity contribution in [2.75, 3.05) is 0 Å². The summed E-state index contributed by atoms with van der Waals surface area (Å²) < 4.78 is 0. The van der Waals surface area contributed by atoms with Gasteiger partial charge in [-0.25, -0.2) is 4.79 Å². The highest BCUT2D eigenvalue weighted by molar-refractivity contribution is 5.84. The third kappa shape index (κ3) is 3.22. The fourth-order valence-corrected chi connectivity index (χ4v) is 0.802. The van der Waals surface area contributed by atoms with Crippen LogP contribution in [0.3, 0.4) is 0 Å². The Morgan fingerprint density at radius 2 is 2.08 bits per heavy atom. The first-order chi connectivity index (χ1) is 5.96. The Morgan fingerprint density at radius 3 is 2.38 bits per heavy atom. The lowest BCUT2D eigenvalue weighted by Crippen LogP contribution is -2.41. The van der Waals surface area contributed by atoms with E-state index in [1.165, 1.54) is 0 Å². The molecule has 0 amide bonds. The van der Waals surface area contributed by atoms with Crippen molar-refractivity contribution in [2.24, 2.45) is 0 Å². The van der Waals surface area contributed by atoms with Gasteiger partial charge in [0.15, 0.2) is 5.60 Å². The Morgan fingerprint density at radius 1 is 1.54 bits per heavy atom. The van der Waals surface area contributed by atoms with E-state index in [1.54, 1.807) is 0 Å². The highest BCUT2D eigenvalue weighted by Gasteiger charge is 2.39. The summed E-state index contributed by atoms with van der Waals surface area (Å²) in [5.41, 5.74) is -2.25. The third-order valence-electron chi connectivity index (χ3n) is 1.39. The maximum absolute atomic E-state index is 10.7. The number of carbonyl (C=O) groups excluding carboxylic acids is 1. The molecule has 13 heavy (non-hydrogen) atoms. The number of aliphatic carboxylic acids is 1. The van der Waals surface area contributed by atoms with Gasteiger partial charge in [-0.05, 0) is 0 Å².